The van der Waals surface area contributed by atoms with Gasteiger partial charge in [0, 0.05) is 6.42 Å². The van der Waals surface area contributed by atoms with Crippen LogP contribution in [0.3, 0.4) is 0 Å². The van der Waals surface area contributed by atoms with Crippen molar-refractivity contribution in [2.75, 3.05) is 0 Å². The lowest BCUT2D eigenvalue weighted by Crippen LogP contribution is -1.93. The number of carboxylic acid groups (broad SMARTS) is 1. The second-order valence-corrected chi connectivity index (χ2v) is 9.62. The van der Waals surface area contributed by atoms with Gasteiger partial charge in [0.25, 0.3) is 0 Å². The van der Waals surface area contributed by atoms with Gasteiger partial charge in [0.2, 0.25) is 0 Å². The smallest absolute Gasteiger partial charge is 0.303 e. The third-order valence-corrected chi connectivity index (χ3v) is 6.40. The second kappa shape index (κ2) is 27.2. The van der Waals surface area contributed by atoms with Gasteiger partial charge in [0.1, 0.15) is 0 Å². The highest BCUT2D eigenvalue weighted by atomic mass is 16.4. The van der Waals surface area contributed by atoms with E-state index in [1.807, 2.05) is 0 Å². The lowest BCUT2D eigenvalue weighted by atomic mass is 10.0. The fourth-order valence-corrected chi connectivity index (χ4v) is 4.29. The molecule has 31 heavy (non-hydrogen) atoms. The molecule has 1 N–H and O–H groups in total. The van der Waals surface area contributed by atoms with Crippen molar-refractivity contribution in [2.24, 2.45) is 0 Å². The number of carbonyl (C=O) groups is 1. The molecule has 0 heterocycles. The first-order valence-electron chi connectivity index (χ1n) is 14.1. The fraction of sp³-hybridized carbons (Fsp3) is 0.897. The Labute approximate surface area is 195 Å². The summed E-state index contributed by atoms with van der Waals surface area (Å²) in [6, 6.07) is 0. The molecule has 2 nitrogen and oxygen atoms in total. The van der Waals surface area contributed by atoms with Crippen LogP contribution in [0.4, 0.5) is 0 Å². The van der Waals surface area contributed by atoms with E-state index in [1.165, 1.54) is 141 Å². The molecule has 0 atom stereocenters. The minimum Gasteiger partial charge on any atom is -0.481 e. The Morgan fingerprint density at radius 2 is 0.774 bits per heavy atom. The van der Waals surface area contributed by atoms with Gasteiger partial charge in [-0.05, 0) is 32.1 Å². The third kappa shape index (κ3) is 29.2. The monoisotopic (exact) mass is 436 g/mol. The predicted octanol–water partition coefficient (Wildman–Crippen LogP) is 10.4. The Morgan fingerprint density at radius 1 is 0.484 bits per heavy atom. The highest BCUT2D eigenvalue weighted by molar-refractivity contribution is 5.66. The fourth-order valence-electron chi connectivity index (χ4n) is 4.29. The summed E-state index contributed by atoms with van der Waals surface area (Å²) in [4.78, 5) is 10.4. The van der Waals surface area contributed by atoms with E-state index >= 15 is 0 Å². The quantitative estimate of drug-likeness (QED) is 0.108. The van der Waals surface area contributed by atoms with Gasteiger partial charge < -0.3 is 5.11 Å². The first kappa shape index (κ1) is 30.2. The molecule has 0 unspecified atom stereocenters. The van der Waals surface area contributed by atoms with Gasteiger partial charge >= 0.3 is 5.97 Å². The zero-order valence-electron chi connectivity index (χ0n) is 21.2. The first-order chi connectivity index (χ1) is 15.3. The van der Waals surface area contributed by atoms with E-state index < -0.39 is 5.97 Å². The summed E-state index contributed by atoms with van der Waals surface area (Å²) in [5, 5.41) is 8.60. The van der Waals surface area contributed by atoms with Crippen molar-refractivity contribution < 1.29 is 9.90 Å². The molecule has 184 valence electrons. The van der Waals surface area contributed by atoms with E-state index in [0.29, 0.717) is 6.42 Å². The number of hydrogen-bond acceptors (Lipinski definition) is 1. The van der Waals surface area contributed by atoms with Gasteiger partial charge in [-0.1, -0.05) is 141 Å². The molecule has 0 spiro atoms. The van der Waals surface area contributed by atoms with Gasteiger partial charge in [-0.3, -0.25) is 4.79 Å². The lowest BCUT2D eigenvalue weighted by molar-refractivity contribution is -0.137. The van der Waals surface area contributed by atoms with Crippen LogP contribution in [-0.4, -0.2) is 11.1 Å². The summed E-state index contributed by atoms with van der Waals surface area (Å²) in [5.41, 5.74) is 0. The molecule has 0 aromatic rings. The van der Waals surface area contributed by atoms with Crippen molar-refractivity contribution in [3.63, 3.8) is 0 Å². The molecule has 0 saturated heterocycles. The SMILES string of the molecule is CCCCCCCCCC=CCCCCCCCCCCCCCCCCCC(=O)O. The Bertz CT molecular complexity index is 375. The third-order valence-electron chi connectivity index (χ3n) is 6.40. The number of aliphatic carboxylic acids is 1. The van der Waals surface area contributed by atoms with Crippen LogP contribution < -0.4 is 0 Å². The van der Waals surface area contributed by atoms with Gasteiger partial charge in [0.15, 0.2) is 0 Å². The second-order valence-electron chi connectivity index (χ2n) is 9.62. The first-order valence-corrected chi connectivity index (χ1v) is 14.1. The summed E-state index contributed by atoms with van der Waals surface area (Å²) in [7, 11) is 0. The van der Waals surface area contributed by atoms with Gasteiger partial charge in [-0.25, -0.2) is 0 Å². The Hall–Kier alpha value is -0.790. The maximum absolute atomic E-state index is 10.4. The summed E-state index contributed by atoms with van der Waals surface area (Å²) in [6.07, 6.45) is 37.5. The van der Waals surface area contributed by atoms with Crippen LogP contribution in [-0.2, 0) is 4.79 Å². The van der Waals surface area contributed by atoms with Gasteiger partial charge in [0.05, 0.1) is 0 Å². The van der Waals surface area contributed by atoms with E-state index in [0.717, 1.165) is 12.8 Å². The Balaban J connectivity index is 3.07. The van der Waals surface area contributed by atoms with Gasteiger partial charge in [-0.2, -0.15) is 0 Å². The lowest BCUT2D eigenvalue weighted by Gasteiger charge is -2.03. The molecule has 0 aromatic carbocycles. The highest BCUT2D eigenvalue weighted by Gasteiger charge is 1.97. The van der Waals surface area contributed by atoms with Crippen LogP contribution in [0.1, 0.15) is 167 Å². The Kier molecular flexibility index (Phi) is 26.5. The zero-order valence-corrected chi connectivity index (χ0v) is 21.2. The molecule has 0 amide bonds. The number of rotatable bonds is 26. The normalized spacial score (nSPS) is 11.5. The minimum atomic E-state index is -0.651. The van der Waals surface area contributed by atoms with Crippen LogP contribution in [0.25, 0.3) is 0 Å². The molecule has 0 aromatic heterocycles. The molecule has 0 bridgehead atoms. The largest absolute Gasteiger partial charge is 0.481 e. The van der Waals surface area contributed by atoms with Crippen molar-refractivity contribution in [3.8, 4) is 0 Å². The van der Waals surface area contributed by atoms with Crippen LogP contribution in [0.15, 0.2) is 12.2 Å². The van der Waals surface area contributed by atoms with Gasteiger partial charge in [-0.15, -0.1) is 0 Å². The van der Waals surface area contributed by atoms with Crippen LogP contribution >= 0.6 is 0 Å². The molecule has 0 aliphatic rings. The molecule has 0 aliphatic carbocycles. The molecular formula is C29H56O2. The molecule has 0 aliphatic heterocycles. The molecular weight excluding hydrogens is 380 g/mol. The minimum absolute atomic E-state index is 0.344. The van der Waals surface area contributed by atoms with Crippen molar-refractivity contribution in [3.05, 3.63) is 12.2 Å². The van der Waals surface area contributed by atoms with E-state index in [4.69, 9.17) is 5.11 Å². The van der Waals surface area contributed by atoms with Crippen LogP contribution in [0, 0.1) is 0 Å². The van der Waals surface area contributed by atoms with E-state index in [-0.39, 0.29) is 0 Å². The average Bonchev–Trinajstić information content (AvgIpc) is 2.76. The maximum Gasteiger partial charge on any atom is 0.303 e. The summed E-state index contributed by atoms with van der Waals surface area (Å²) in [5.74, 6) is -0.651. The standard InChI is InChI=1S/C29H56O2/c1-2-3-4-5-6-7-8-9-10-11-12-13-14-15-16-17-18-19-20-21-22-23-24-25-26-27-28-29(30)31/h10-11H,2-9,12-28H2,1H3,(H,30,31). The molecule has 0 radical (unpaired) electrons. The zero-order chi connectivity index (χ0) is 22.7. The van der Waals surface area contributed by atoms with E-state index in [9.17, 15) is 4.79 Å². The highest BCUT2D eigenvalue weighted by Crippen LogP contribution is 2.14. The molecule has 0 fully saturated rings. The Morgan fingerprint density at radius 3 is 1.10 bits per heavy atom. The van der Waals surface area contributed by atoms with Crippen molar-refractivity contribution >= 4 is 5.97 Å². The number of unbranched alkanes of at least 4 members (excludes halogenated alkanes) is 22. The van der Waals surface area contributed by atoms with Crippen LogP contribution in [0.2, 0.25) is 0 Å². The molecule has 2 heteroatoms. The van der Waals surface area contributed by atoms with Crippen molar-refractivity contribution in [1.29, 1.82) is 0 Å². The number of hydrogen-bond donors (Lipinski definition) is 1. The van der Waals surface area contributed by atoms with Crippen molar-refractivity contribution in [2.45, 2.75) is 167 Å². The summed E-state index contributed by atoms with van der Waals surface area (Å²) >= 11 is 0. The maximum atomic E-state index is 10.4. The number of allylic oxidation sites excluding steroid dienone is 2. The van der Waals surface area contributed by atoms with Crippen LogP contribution in [0.5, 0.6) is 0 Å². The summed E-state index contributed by atoms with van der Waals surface area (Å²) < 4.78 is 0. The van der Waals surface area contributed by atoms with E-state index in [1.54, 1.807) is 0 Å². The molecule has 0 saturated carbocycles. The topological polar surface area (TPSA) is 37.3 Å². The number of carboxylic acids is 1. The van der Waals surface area contributed by atoms with E-state index in [2.05, 4.69) is 19.1 Å². The predicted molar refractivity (Wildman–Crippen MR) is 138 cm³/mol. The average molecular weight is 437 g/mol. The summed E-state index contributed by atoms with van der Waals surface area (Å²) in [6.45, 7) is 2.29. The van der Waals surface area contributed by atoms with Crippen molar-refractivity contribution in [1.82, 2.24) is 0 Å². The molecule has 0 rings (SSSR count).